The molecular formula is C26H27ClN2O5. The minimum Gasteiger partial charge on any atom is -0.493 e. The van der Waals surface area contributed by atoms with Crippen molar-refractivity contribution >= 4 is 23.7 Å². The summed E-state index contributed by atoms with van der Waals surface area (Å²) in [4.78, 5) is 12.3. The lowest BCUT2D eigenvalue weighted by molar-refractivity contribution is -0.120. The number of nitrogens with one attached hydrogen (secondary N) is 1. The predicted octanol–water partition coefficient (Wildman–Crippen LogP) is 5.03. The second-order valence-corrected chi connectivity index (χ2v) is 7.59. The second kappa shape index (κ2) is 12.5. The lowest BCUT2D eigenvalue weighted by atomic mass is 10.1. The van der Waals surface area contributed by atoms with Crippen LogP contribution in [-0.2, 0) is 17.8 Å². The zero-order valence-electron chi connectivity index (χ0n) is 19.3. The summed E-state index contributed by atoms with van der Waals surface area (Å²) in [6, 6.07) is 18.3. The number of halogens is 1. The van der Waals surface area contributed by atoms with Gasteiger partial charge >= 0.3 is 0 Å². The number of amides is 1. The molecular weight excluding hydrogens is 456 g/mol. The standard InChI is InChI=1S/C26H27ClN2O5/c1-4-33-25-14-19(10-12-23(25)34-17-20-7-5-6-8-21(20)27)16-28-29-26(30)15-18-9-11-22(31-2)24(13-18)32-3/h5-14,16H,4,15,17H2,1-3H3,(H,29,30)/b28-16+. The van der Waals surface area contributed by atoms with Gasteiger partial charge in [-0.3, -0.25) is 4.79 Å². The molecule has 0 saturated heterocycles. The molecule has 3 aromatic carbocycles. The van der Waals surface area contributed by atoms with Crippen LogP contribution in [0.4, 0.5) is 0 Å². The van der Waals surface area contributed by atoms with Crippen LogP contribution in [0.3, 0.4) is 0 Å². The molecule has 1 N–H and O–H groups in total. The Bertz CT molecular complexity index is 1150. The Morgan fingerprint density at radius 3 is 2.44 bits per heavy atom. The topological polar surface area (TPSA) is 78.4 Å². The first-order valence-corrected chi connectivity index (χ1v) is 11.1. The van der Waals surface area contributed by atoms with Crippen LogP contribution in [0.1, 0.15) is 23.6 Å². The first kappa shape index (κ1) is 24.9. The van der Waals surface area contributed by atoms with Crippen LogP contribution in [-0.4, -0.2) is 32.9 Å². The average Bonchev–Trinajstić information content (AvgIpc) is 2.84. The molecule has 0 aromatic heterocycles. The molecule has 0 aliphatic rings. The van der Waals surface area contributed by atoms with Crippen molar-refractivity contribution in [2.24, 2.45) is 5.10 Å². The zero-order valence-corrected chi connectivity index (χ0v) is 20.1. The van der Waals surface area contributed by atoms with E-state index in [9.17, 15) is 4.79 Å². The average molecular weight is 483 g/mol. The molecule has 3 rings (SSSR count). The quantitative estimate of drug-likeness (QED) is 0.306. The van der Waals surface area contributed by atoms with Gasteiger partial charge in [0.25, 0.3) is 0 Å². The normalized spacial score (nSPS) is 10.7. The highest BCUT2D eigenvalue weighted by Gasteiger charge is 2.09. The fourth-order valence-corrected chi connectivity index (χ4v) is 3.35. The van der Waals surface area contributed by atoms with Crippen LogP contribution in [0.15, 0.2) is 65.8 Å². The van der Waals surface area contributed by atoms with E-state index in [-0.39, 0.29) is 12.3 Å². The fraction of sp³-hybridized carbons (Fsp3) is 0.231. The van der Waals surface area contributed by atoms with Crippen molar-refractivity contribution in [2.45, 2.75) is 20.0 Å². The summed E-state index contributed by atoms with van der Waals surface area (Å²) in [6.45, 7) is 2.69. The third-order valence-electron chi connectivity index (χ3n) is 4.82. The predicted molar refractivity (Wildman–Crippen MR) is 132 cm³/mol. The molecule has 1 amide bonds. The van der Waals surface area contributed by atoms with Crippen molar-refractivity contribution in [3.05, 3.63) is 82.4 Å². The molecule has 0 saturated carbocycles. The maximum Gasteiger partial charge on any atom is 0.244 e. The Kier molecular flexibility index (Phi) is 9.17. The molecule has 0 fully saturated rings. The van der Waals surface area contributed by atoms with Gasteiger partial charge in [0.2, 0.25) is 5.91 Å². The Labute approximate surface area is 204 Å². The highest BCUT2D eigenvalue weighted by molar-refractivity contribution is 6.31. The lowest BCUT2D eigenvalue weighted by Gasteiger charge is -2.13. The monoisotopic (exact) mass is 482 g/mol. The van der Waals surface area contributed by atoms with Crippen molar-refractivity contribution in [2.75, 3.05) is 20.8 Å². The van der Waals surface area contributed by atoms with E-state index in [1.165, 1.54) is 0 Å². The Morgan fingerprint density at radius 1 is 0.941 bits per heavy atom. The molecule has 0 atom stereocenters. The number of benzene rings is 3. The van der Waals surface area contributed by atoms with E-state index >= 15 is 0 Å². The van der Waals surface area contributed by atoms with Gasteiger partial charge in [0, 0.05) is 10.6 Å². The van der Waals surface area contributed by atoms with Gasteiger partial charge in [-0.05, 0) is 54.4 Å². The van der Waals surface area contributed by atoms with Gasteiger partial charge in [0.15, 0.2) is 23.0 Å². The third kappa shape index (κ3) is 6.89. The molecule has 0 aliphatic carbocycles. The Hall–Kier alpha value is -3.71. The van der Waals surface area contributed by atoms with Gasteiger partial charge in [0.1, 0.15) is 6.61 Å². The molecule has 0 aliphatic heterocycles. The summed E-state index contributed by atoms with van der Waals surface area (Å²) < 4.78 is 22.1. The number of carbonyl (C=O) groups excluding carboxylic acids is 1. The Balaban J connectivity index is 1.61. The van der Waals surface area contributed by atoms with Crippen LogP contribution in [0.2, 0.25) is 5.02 Å². The summed E-state index contributed by atoms with van der Waals surface area (Å²) in [5.74, 6) is 2.09. The summed E-state index contributed by atoms with van der Waals surface area (Å²) >= 11 is 6.20. The maximum absolute atomic E-state index is 12.3. The molecule has 0 radical (unpaired) electrons. The molecule has 0 bridgehead atoms. The first-order chi connectivity index (χ1) is 16.5. The molecule has 3 aromatic rings. The molecule has 7 nitrogen and oxygen atoms in total. The van der Waals surface area contributed by atoms with E-state index in [1.807, 2.05) is 37.3 Å². The number of hydrazone groups is 1. The van der Waals surface area contributed by atoms with E-state index in [1.54, 1.807) is 50.8 Å². The van der Waals surface area contributed by atoms with Gasteiger partial charge in [-0.25, -0.2) is 5.43 Å². The van der Waals surface area contributed by atoms with Crippen LogP contribution in [0.5, 0.6) is 23.0 Å². The highest BCUT2D eigenvalue weighted by Crippen LogP contribution is 2.30. The number of nitrogens with zero attached hydrogens (tertiary/aromatic N) is 1. The van der Waals surface area contributed by atoms with Crippen molar-refractivity contribution in [3.63, 3.8) is 0 Å². The van der Waals surface area contributed by atoms with Gasteiger partial charge in [-0.1, -0.05) is 35.9 Å². The third-order valence-corrected chi connectivity index (χ3v) is 5.19. The largest absolute Gasteiger partial charge is 0.493 e. The summed E-state index contributed by atoms with van der Waals surface area (Å²) in [5.41, 5.74) is 4.95. The molecule has 178 valence electrons. The van der Waals surface area contributed by atoms with E-state index in [2.05, 4.69) is 10.5 Å². The van der Waals surface area contributed by atoms with Gasteiger partial charge < -0.3 is 18.9 Å². The van der Waals surface area contributed by atoms with E-state index < -0.39 is 0 Å². The van der Waals surface area contributed by atoms with Crippen molar-refractivity contribution in [1.82, 2.24) is 5.43 Å². The van der Waals surface area contributed by atoms with Crippen LogP contribution in [0.25, 0.3) is 0 Å². The number of rotatable bonds is 11. The fourth-order valence-electron chi connectivity index (χ4n) is 3.16. The van der Waals surface area contributed by atoms with Gasteiger partial charge in [0.05, 0.1) is 33.5 Å². The molecule has 0 unspecified atom stereocenters. The lowest BCUT2D eigenvalue weighted by Crippen LogP contribution is -2.19. The maximum atomic E-state index is 12.3. The molecule has 0 heterocycles. The molecule has 0 spiro atoms. The van der Waals surface area contributed by atoms with Crippen molar-refractivity contribution < 1.29 is 23.7 Å². The second-order valence-electron chi connectivity index (χ2n) is 7.18. The number of hydrogen-bond donors (Lipinski definition) is 1. The van der Waals surface area contributed by atoms with Gasteiger partial charge in [-0.15, -0.1) is 0 Å². The zero-order chi connectivity index (χ0) is 24.3. The molecule has 34 heavy (non-hydrogen) atoms. The van der Waals surface area contributed by atoms with Crippen LogP contribution >= 0.6 is 11.6 Å². The van der Waals surface area contributed by atoms with E-state index in [4.69, 9.17) is 30.5 Å². The summed E-state index contributed by atoms with van der Waals surface area (Å²) in [6.07, 6.45) is 1.70. The van der Waals surface area contributed by atoms with Crippen LogP contribution in [0, 0.1) is 0 Å². The number of methoxy groups -OCH3 is 2. The minimum absolute atomic E-state index is 0.150. The van der Waals surface area contributed by atoms with Crippen LogP contribution < -0.4 is 24.4 Å². The minimum atomic E-state index is -0.256. The van der Waals surface area contributed by atoms with Crippen molar-refractivity contribution in [1.29, 1.82) is 0 Å². The number of carbonyl (C=O) groups is 1. The first-order valence-electron chi connectivity index (χ1n) is 10.7. The van der Waals surface area contributed by atoms with Crippen molar-refractivity contribution in [3.8, 4) is 23.0 Å². The Morgan fingerprint density at radius 2 is 1.71 bits per heavy atom. The summed E-state index contributed by atoms with van der Waals surface area (Å²) in [5, 5.41) is 4.70. The smallest absolute Gasteiger partial charge is 0.244 e. The van der Waals surface area contributed by atoms with E-state index in [0.29, 0.717) is 41.2 Å². The van der Waals surface area contributed by atoms with E-state index in [0.717, 1.165) is 16.7 Å². The summed E-state index contributed by atoms with van der Waals surface area (Å²) in [7, 11) is 3.11. The number of hydrogen-bond acceptors (Lipinski definition) is 6. The highest BCUT2D eigenvalue weighted by atomic mass is 35.5. The SMILES string of the molecule is CCOc1cc(/C=N/NC(=O)Cc2ccc(OC)c(OC)c2)ccc1OCc1ccccc1Cl. The number of ether oxygens (including phenoxy) is 4. The molecule has 8 heteroatoms. The van der Waals surface area contributed by atoms with Gasteiger partial charge in [-0.2, -0.15) is 5.10 Å².